The Kier molecular flexibility index (Phi) is 4.04. The SMILES string of the molecule is CCCn1cc(C(NC)c2ccncc2F)cn1. The van der Waals surface area contributed by atoms with E-state index in [0.29, 0.717) is 5.56 Å². The molecule has 0 spiro atoms. The Morgan fingerprint density at radius 2 is 2.28 bits per heavy atom. The maximum Gasteiger partial charge on any atom is 0.146 e. The van der Waals surface area contributed by atoms with E-state index in [-0.39, 0.29) is 11.9 Å². The highest BCUT2D eigenvalue weighted by atomic mass is 19.1. The van der Waals surface area contributed by atoms with Crippen LogP contribution in [-0.2, 0) is 6.54 Å². The number of hydrogen-bond donors (Lipinski definition) is 1. The van der Waals surface area contributed by atoms with Gasteiger partial charge in [0.2, 0.25) is 0 Å². The third-order valence-electron chi connectivity index (χ3n) is 2.84. The lowest BCUT2D eigenvalue weighted by atomic mass is 10.0. The summed E-state index contributed by atoms with van der Waals surface area (Å²) in [5.41, 5.74) is 1.54. The predicted molar refractivity (Wildman–Crippen MR) is 67.6 cm³/mol. The molecule has 0 radical (unpaired) electrons. The average Bonchev–Trinajstić information content (AvgIpc) is 2.82. The molecule has 5 heteroatoms. The quantitative estimate of drug-likeness (QED) is 0.881. The topological polar surface area (TPSA) is 42.7 Å². The summed E-state index contributed by atoms with van der Waals surface area (Å²) < 4.78 is 15.6. The highest BCUT2D eigenvalue weighted by Gasteiger charge is 2.17. The Hall–Kier alpha value is -1.75. The second-order valence-corrected chi connectivity index (χ2v) is 4.16. The van der Waals surface area contributed by atoms with Gasteiger partial charge in [-0.25, -0.2) is 4.39 Å². The zero-order valence-corrected chi connectivity index (χ0v) is 10.6. The van der Waals surface area contributed by atoms with Crippen molar-refractivity contribution in [2.45, 2.75) is 25.9 Å². The van der Waals surface area contributed by atoms with Crippen LogP contribution >= 0.6 is 0 Å². The molecule has 0 aliphatic heterocycles. The molecule has 0 bridgehead atoms. The molecule has 2 aromatic rings. The van der Waals surface area contributed by atoms with Crippen molar-refractivity contribution in [2.24, 2.45) is 0 Å². The molecular weight excluding hydrogens is 231 g/mol. The lowest BCUT2D eigenvalue weighted by molar-refractivity contribution is 0.569. The normalized spacial score (nSPS) is 12.6. The van der Waals surface area contributed by atoms with Crippen LogP contribution in [0, 0.1) is 5.82 Å². The van der Waals surface area contributed by atoms with Crippen LogP contribution in [-0.4, -0.2) is 21.8 Å². The number of aryl methyl sites for hydroxylation is 1. The van der Waals surface area contributed by atoms with E-state index in [9.17, 15) is 4.39 Å². The summed E-state index contributed by atoms with van der Waals surface area (Å²) in [6, 6.07) is 1.49. The van der Waals surface area contributed by atoms with Crippen LogP contribution < -0.4 is 5.32 Å². The third-order valence-corrected chi connectivity index (χ3v) is 2.84. The standard InChI is InChI=1S/C13H17FN4/c1-3-6-18-9-10(7-17-18)13(15-2)11-4-5-16-8-12(11)14/h4-5,7-9,13,15H,3,6H2,1-2H3. The van der Waals surface area contributed by atoms with Crippen LogP contribution in [0.3, 0.4) is 0 Å². The second-order valence-electron chi connectivity index (χ2n) is 4.16. The van der Waals surface area contributed by atoms with Crippen molar-refractivity contribution in [1.29, 1.82) is 0 Å². The first-order valence-corrected chi connectivity index (χ1v) is 6.05. The van der Waals surface area contributed by atoms with Crippen LogP contribution in [0.1, 0.15) is 30.5 Å². The molecule has 4 nitrogen and oxygen atoms in total. The highest BCUT2D eigenvalue weighted by molar-refractivity contribution is 5.28. The van der Waals surface area contributed by atoms with E-state index < -0.39 is 0 Å². The number of hydrogen-bond acceptors (Lipinski definition) is 3. The van der Waals surface area contributed by atoms with Gasteiger partial charge in [0.25, 0.3) is 0 Å². The minimum Gasteiger partial charge on any atom is -0.309 e. The maximum absolute atomic E-state index is 13.7. The fourth-order valence-corrected chi connectivity index (χ4v) is 2.00. The summed E-state index contributed by atoms with van der Waals surface area (Å²) in [5.74, 6) is -0.305. The van der Waals surface area contributed by atoms with Gasteiger partial charge < -0.3 is 5.32 Å². The smallest absolute Gasteiger partial charge is 0.146 e. The van der Waals surface area contributed by atoms with Crippen molar-refractivity contribution in [3.05, 3.63) is 47.8 Å². The summed E-state index contributed by atoms with van der Waals surface area (Å²) in [6.45, 7) is 2.97. The van der Waals surface area contributed by atoms with E-state index in [0.717, 1.165) is 18.5 Å². The van der Waals surface area contributed by atoms with Gasteiger partial charge in [-0.1, -0.05) is 6.92 Å². The molecule has 2 heterocycles. The summed E-state index contributed by atoms with van der Waals surface area (Å²) >= 11 is 0. The molecule has 0 saturated heterocycles. The van der Waals surface area contributed by atoms with E-state index in [4.69, 9.17) is 0 Å². The van der Waals surface area contributed by atoms with E-state index in [1.807, 2.05) is 17.9 Å². The fraction of sp³-hybridized carbons (Fsp3) is 0.385. The molecule has 2 aromatic heterocycles. The molecule has 1 atom stereocenters. The maximum atomic E-state index is 13.7. The molecule has 0 aromatic carbocycles. The summed E-state index contributed by atoms with van der Waals surface area (Å²) in [7, 11) is 1.81. The molecule has 0 amide bonds. The van der Waals surface area contributed by atoms with Crippen LogP contribution in [0.2, 0.25) is 0 Å². The highest BCUT2D eigenvalue weighted by Crippen LogP contribution is 2.23. The number of aromatic nitrogens is 3. The average molecular weight is 248 g/mol. The molecule has 0 aliphatic carbocycles. The molecule has 0 aliphatic rings. The first-order valence-electron chi connectivity index (χ1n) is 6.05. The van der Waals surface area contributed by atoms with Crippen molar-refractivity contribution in [3.8, 4) is 0 Å². The largest absolute Gasteiger partial charge is 0.309 e. The van der Waals surface area contributed by atoms with Crippen molar-refractivity contribution in [3.63, 3.8) is 0 Å². The number of rotatable bonds is 5. The minimum atomic E-state index is -0.305. The van der Waals surface area contributed by atoms with Crippen molar-refractivity contribution in [1.82, 2.24) is 20.1 Å². The molecule has 2 rings (SSSR count). The molecule has 18 heavy (non-hydrogen) atoms. The Labute approximate surface area is 106 Å². The van der Waals surface area contributed by atoms with Gasteiger partial charge in [-0.15, -0.1) is 0 Å². The number of nitrogens with zero attached hydrogens (tertiary/aromatic N) is 3. The van der Waals surface area contributed by atoms with Crippen molar-refractivity contribution in [2.75, 3.05) is 7.05 Å². The Balaban J connectivity index is 2.30. The van der Waals surface area contributed by atoms with Crippen LogP contribution in [0.15, 0.2) is 30.9 Å². The van der Waals surface area contributed by atoms with E-state index in [1.165, 1.54) is 6.20 Å². The van der Waals surface area contributed by atoms with Crippen LogP contribution in [0.5, 0.6) is 0 Å². The van der Waals surface area contributed by atoms with E-state index in [2.05, 4.69) is 22.3 Å². The minimum absolute atomic E-state index is 0.196. The fourth-order valence-electron chi connectivity index (χ4n) is 2.00. The molecule has 0 saturated carbocycles. The lowest BCUT2D eigenvalue weighted by Crippen LogP contribution is -2.18. The van der Waals surface area contributed by atoms with Gasteiger partial charge in [-0.2, -0.15) is 5.10 Å². The zero-order chi connectivity index (χ0) is 13.0. The summed E-state index contributed by atoms with van der Waals surface area (Å²) in [4.78, 5) is 3.77. The number of pyridine rings is 1. The predicted octanol–water partition coefficient (Wildman–Crippen LogP) is 2.14. The van der Waals surface area contributed by atoms with Crippen molar-refractivity contribution < 1.29 is 4.39 Å². The molecule has 0 fully saturated rings. The van der Waals surface area contributed by atoms with Crippen molar-refractivity contribution >= 4 is 0 Å². The number of halogens is 1. The van der Waals surface area contributed by atoms with Gasteiger partial charge in [0.15, 0.2) is 0 Å². The lowest BCUT2D eigenvalue weighted by Gasteiger charge is -2.15. The van der Waals surface area contributed by atoms with Crippen LogP contribution in [0.25, 0.3) is 0 Å². The zero-order valence-electron chi connectivity index (χ0n) is 10.6. The van der Waals surface area contributed by atoms with E-state index >= 15 is 0 Å². The van der Waals surface area contributed by atoms with E-state index in [1.54, 1.807) is 18.5 Å². The van der Waals surface area contributed by atoms with Gasteiger partial charge in [0.05, 0.1) is 18.4 Å². The Bertz CT molecular complexity index is 509. The van der Waals surface area contributed by atoms with Gasteiger partial charge in [0, 0.05) is 30.1 Å². The first kappa shape index (κ1) is 12.7. The van der Waals surface area contributed by atoms with Crippen LogP contribution in [0.4, 0.5) is 4.39 Å². The Morgan fingerprint density at radius 3 is 2.94 bits per heavy atom. The molecule has 1 N–H and O–H groups in total. The monoisotopic (exact) mass is 248 g/mol. The molecule has 1 unspecified atom stereocenters. The molecular formula is C13H17FN4. The molecule has 96 valence electrons. The van der Waals surface area contributed by atoms with Gasteiger partial charge in [-0.05, 0) is 19.5 Å². The van der Waals surface area contributed by atoms with Gasteiger partial charge in [0.1, 0.15) is 5.82 Å². The summed E-state index contributed by atoms with van der Waals surface area (Å²) in [5, 5.41) is 7.38. The van der Waals surface area contributed by atoms with Gasteiger partial charge >= 0.3 is 0 Å². The Morgan fingerprint density at radius 1 is 1.44 bits per heavy atom. The van der Waals surface area contributed by atoms with Gasteiger partial charge in [-0.3, -0.25) is 9.67 Å². The third kappa shape index (κ3) is 2.56. The number of nitrogens with one attached hydrogen (secondary N) is 1. The first-order chi connectivity index (χ1) is 8.76. The summed E-state index contributed by atoms with van der Waals surface area (Å²) in [6.07, 6.45) is 7.57. The second kappa shape index (κ2) is 5.73.